The van der Waals surface area contributed by atoms with Crippen molar-refractivity contribution in [1.82, 2.24) is 0 Å². The van der Waals surface area contributed by atoms with Crippen molar-refractivity contribution in [3.8, 4) is 0 Å². The third-order valence-corrected chi connectivity index (χ3v) is 8.27. The lowest BCUT2D eigenvalue weighted by molar-refractivity contribution is -0.652. The number of hydrazine groups is 1. The molecule has 0 spiro atoms. The van der Waals surface area contributed by atoms with E-state index in [0.29, 0.717) is 6.54 Å². The predicted octanol–water partition coefficient (Wildman–Crippen LogP) is 3.84. The summed E-state index contributed by atoms with van der Waals surface area (Å²) >= 11 is 3.83. The number of thiazole rings is 2. The zero-order chi connectivity index (χ0) is 22.9. The molecule has 2 aromatic heterocycles. The van der Waals surface area contributed by atoms with E-state index in [4.69, 9.17) is 5.26 Å². The Hall–Kier alpha value is -2.04. The smallest absolute Gasteiger partial charge is 0.282 e. The molecule has 0 saturated heterocycles. The average molecular weight is 517 g/mol. The van der Waals surface area contributed by atoms with E-state index in [9.17, 15) is 13.0 Å². The zero-order valence-electron chi connectivity index (χ0n) is 16.9. The number of nitrogens with zero attached hydrogens (tertiary/aromatic N) is 2. The maximum Gasteiger partial charge on any atom is 0.375 e. The second-order valence-electron chi connectivity index (χ2n) is 6.51. The third-order valence-electron chi connectivity index (χ3n) is 4.72. The van der Waals surface area contributed by atoms with Gasteiger partial charge in [-0.25, -0.2) is 14.4 Å². The second kappa shape index (κ2) is 9.44. The van der Waals surface area contributed by atoms with Gasteiger partial charge in [-0.3, -0.25) is 4.55 Å². The van der Waals surface area contributed by atoms with Gasteiger partial charge in [-0.2, -0.15) is 8.42 Å². The van der Waals surface area contributed by atoms with Crippen LogP contribution in [0.3, 0.4) is 0 Å². The van der Waals surface area contributed by atoms with Crippen LogP contribution in [0.25, 0.3) is 20.4 Å². The molecular formula is C18H20N4O6S4+2. The van der Waals surface area contributed by atoms with Crippen molar-refractivity contribution < 1.29 is 36.7 Å². The SMILES string of the molecule is CC[n+]1c(NNc2sc3cc(S(=O)(=O)O)ccc3[n+]2CC)sc2cc(SOOO)ccc21. The standard InChI is InChI=1S/C18H18N4O6S4/c1-3-21-13-7-5-11(31-28-27-23)9-15(13)29-17(21)19-20-18-22(4-2)14-8-6-12(32(24,25)26)10-16(14)30-18/h5-10H,3-4H2,1-2H3,(H2,23,24,25,26)/p+2. The van der Waals surface area contributed by atoms with Crippen LogP contribution in [0.2, 0.25) is 0 Å². The highest BCUT2D eigenvalue weighted by Crippen LogP contribution is 2.31. The van der Waals surface area contributed by atoms with E-state index in [2.05, 4.69) is 24.8 Å². The van der Waals surface area contributed by atoms with E-state index in [-0.39, 0.29) is 4.90 Å². The molecule has 0 aliphatic rings. The van der Waals surface area contributed by atoms with Gasteiger partial charge in [-0.15, -0.1) is 4.33 Å². The van der Waals surface area contributed by atoms with E-state index < -0.39 is 10.1 Å². The van der Waals surface area contributed by atoms with Gasteiger partial charge >= 0.3 is 10.3 Å². The van der Waals surface area contributed by atoms with Crippen LogP contribution < -0.4 is 20.0 Å². The summed E-state index contributed by atoms with van der Waals surface area (Å²) < 4.78 is 42.7. The van der Waals surface area contributed by atoms with Crippen molar-refractivity contribution in [2.24, 2.45) is 0 Å². The number of hydrogen-bond acceptors (Lipinski definition) is 10. The highest BCUT2D eigenvalue weighted by Gasteiger charge is 2.24. The van der Waals surface area contributed by atoms with Crippen molar-refractivity contribution in [2.45, 2.75) is 36.7 Å². The van der Waals surface area contributed by atoms with Crippen LogP contribution in [0, 0.1) is 0 Å². The van der Waals surface area contributed by atoms with Crippen molar-refractivity contribution in [1.29, 1.82) is 0 Å². The Kier molecular flexibility index (Phi) is 6.83. The lowest BCUT2D eigenvalue weighted by Crippen LogP contribution is -2.38. The number of aryl methyl sites for hydroxylation is 2. The van der Waals surface area contributed by atoms with Crippen LogP contribution in [0.1, 0.15) is 13.8 Å². The van der Waals surface area contributed by atoms with Gasteiger partial charge in [0, 0.05) is 4.90 Å². The highest BCUT2D eigenvalue weighted by atomic mass is 32.2. The Balaban J connectivity index is 1.65. The van der Waals surface area contributed by atoms with Gasteiger partial charge in [-0.1, -0.05) is 15.9 Å². The first-order chi connectivity index (χ1) is 15.4. The Labute approximate surface area is 195 Å². The van der Waals surface area contributed by atoms with Gasteiger partial charge in [0.05, 0.1) is 39.4 Å². The number of rotatable bonds is 9. The van der Waals surface area contributed by atoms with Crippen molar-refractivity contribution >= 4 is 75.5 Å². The summed E-state index contributed by atoms with van der Waals surface area (Å²) in [6.07, 6.45) is 0. The van der Waals surface area contributed by atoms with E-state index in [0.717, 1.165) is 54.2 Å². The maximum atomic E-state index is 11.5. The first-order valence-electron chi connectivity index (χ1n) is 9.42. The van der Waals surface area contributed by atoms with E-state index in [1.54, 1.807) is 17.4 Å². The van der Waals surface area contributed by atoms with Gasteiger partial charge in [-0.05, 0) is 72.9 Å². The Morgan fingerprint density at radius 1 is 0.969 bits per heavy atom. The van der Waals surface area contributed by atoms with Crippen molar-refractivity contribution in [2.75, 3.05) is 10.9 Å². The summed E-state index contributed by atoms with van der Waals surface area (Å²) in [5.74, 6) is 0. The quantitative estimate of drug-likeness (QED) is 0.0863. The third kappa shape index (κ3) is 4.53. The number of benzene rings is 2. The number of hydrogen-bond donors (Lipinski definition) is 4. The molecule has 32 heavy (non-hydrogen) atoms. The number of anilines is 2. The number of fused-ring (bicyclic) bond motifs is 2. The molecule has 2 aromatic carbocycles. The van der Waals surface area contributed by atoms with Gasteiger partial charge in [0.15, 0.2) is 0 Å². The van der Waals surface area contributed by atoms with Gasteiger partial charge in [0.25, 0.3) is 10.1 Å². The first kappa shape index (κ1) is 23.1. The van der Waals surface area contributed by atoms with Crippen LogP contribution >= 0.6 is 34.7 Å². The lowest BCUT2D eigenvalue weighted by Gasteiger charge is -2.00. The molecule has 170 valence electrons. The molecule has 0 radical (unpaired) electrons. The normalized spacial score (nSPS) is 12.0. The summed E-state index contributed by atoms with van der Waals surface area (Å²) in [4.78, 5) is 0.644. The molecule has 0 unspecified atom stereocenters. The number of aromatic nitrogens is 2. The molecule has 0 fully saturated rings. The fourth-order valence-corrected chi connectivity index (χ4v) is 6.61. The molecule has 2 heterocycles. The summed E-state index contributed by atoms with van der Waals surface area (Å²) in [7, 11) is -4.27. The molecule has 4 aromatic rings. The Morgan fingerprint density at radius 2 is 1.53 bits per heavy atom. The zero-order valence-corrected chi connectivity index (χ0v) is 20.2. The minimum Gasteiger partial charge on any atom is -0.282 e. The lowest BCUT2D eigenvalue weighted by atomic mass is 10.3. The van der Waals surface area contributed by atoms with Crippen molar-refractivity contribution in [3.63, 3.8) is 0 Å². The van der Waals surface area contributed by atoms with Gasteiger partial charge < -0.3 is 0 Å². The molecule has 0 saturated carbocycles. The van der Waals surface area contributed by atoms with E-state index >= 15 is 0 Å². The maximum absolute atomic E-state index is 11.5. The fraction of sp³-hybridized carbons (Fsp3) is 0.222. The predicted molar refractivity (Wildman–Crippen MR) is 123 cm³/mol. The highest BCUT2D eigenvalue weighted by molar-refractivity contribution is 7.94. The molecule has 4 rings (SSSR count). The van der Waals surface area contributed by atoms with Crippen molar-refractivity contribution in [3.05, 3.63) is 36.4 Å². The summed E-state index contributed by atoms with van der Waals surface area (Å²) in [5.41, 5.74) is 8.40. The second-order valence-corrected chi connectivity index (χ2v) is 10.8. The molecule has 0 aliphatic carbocycles. The van der Waals surface area contributed by atoms with Crippen LogP contribution in [-0.4, -0.2) is 18.2 Å². The molecule has 4 N–H and O–H groups in total. The summed E-state index contributed by atoms with van der Waals surface area (Å²) in [5, 5.41) is 13.7. The van der Waals surface area contributed by atoms with Crippen LogP contribution in [0.5, 0.6) is 0 Å². The van der Waals surface area contributed by atoms with Crippen LogP contribution in [0.15, 0.2) is 46.2 Å². The minimum absolute atomic E-state index is 0.133. The molecule has 0 atom stereocenters. The fourth-order valence-electron chi connectivity index (χ4n) is 3.32. The molecule has 0 aliphatic heterocycles. The topological polar surface area (TPSA) is 125 Å². The number of nitrogens with one attached hydrogen (secondary N) is 2. The molecule has 0 amide bonds. The summed E-state index contributed by atoms with van der Waals surface area (Å²) in [6, 6.07) is 10.3. The Morgan fingerprint density at radius 3 is 2.06 bits per heavy atom. The Bertz CT molecular complexity index is 1390. The van der Waals surface area contributed by atoms with E-state index in [1.807, 2.05) is 36.6 Å². The monoisotopic (exact) mass is 516 g/mol. The van der Waals surface area contributed by atoms with Crippen LogP contribution in [0.4, 0.5) is 10.3 Å². The first-order valence-corrected chi connectivity index (χ1v) is 13.2. The molecule has 0 bridgehead atoms. The van der Waals surface area contributed by atoms with E-state index in [1.165, 1.54) is 23.5 Å². The van der Waals surface area contributed by atoms with Crippen LogP contribution in [-0.2, 0) is 32.6 Å². The van der Waals surface area contributed by atoms with Gasteiger partial charge in [0.1, 0.15) is 11.0 Å². The minimum atomic E-state index is -4.27. The molecule has 14 heteroatoms. The largest absolute Gasteiger partial charge is 0.375 e. The molecule has 10 nitrogen and oxygen atoms in total. The summed E-state index contributed by atoms with van der Waals surface area (Å²) in [6.45, 7) is 5.45. The van der Waals surface area contributed by atoms with Gasteiger partial charge in [0.2, 0.25) is 0 Å². The molecular weight excluding hydrogens is 496 g/mol. The average Bonchev–Trinajstić information content (AvgIpc) is 3.31.